The van der Waals surface area contributed by atoms with E-state index in [-0.39, 0.29) is 0 Å². The lowest BCUT2D eigenvalue weighted by atomic mass is 9.78. The third kappa shape index (κ3) is 2.47. The molecule has 0 radical (unpaired) electrons. The van der Waals surface area contributed by atoms with Gasteiger partial charge in [0.1, 0.15) is 6.10 Å². The van der Waals surface area contributed by atoms with E-state index in [0.29, 0.717) is 0 Å². The zero-order valence-corrected chi connectivity index (χ0v) is 8.74. The van der Waals surface area contributed by atoms with Crippen LogP contribution in [0.15, 0.2) is 0 Å². The summed E-state index contributed by atoms with van der Waals surface area (Å²) in [6.45, 7) is 2.43. The molecule has 6 heteroatoms. The number of aliphatic hydroxyl groups is 5. The summed E-state index contributed by atoms with van der Waals surface area (Å²) >= 11 is 0. The molecular weight excluding hydrogens is 204 g/mol. The lowest BCUT2D eigenvalue weighted by molar-refractivity contribution is -0.294. The molecule has 1 aliphatic heterocycles. The maximum absolute atomic E-state index is 9.77. The fraction of sp³-hybridized carbons (Fsp3) is 1.00. The average molecular weight is 222 g/mol. The fourth-order valence-corrected chi connectivity index (χ4v) is 1.97. The highest BCUT2D eigenvalue weighted by molar-refractivity contribution is 4.96. The number of hydrogen-bond donors (Lipinski definition) is 5. The fourth-order valence-electron chi connectivity index (χ4n) is 1.97. The minimum Gasteiger partial charge on any atom is -0.394 e. The number of ether oxygens (including phenoxy) is 1. The van der Waals surface area contributed by atoms with Gasteiger partial charge in [-0.05, 0) is 13.8 Å². The second-order valence-corrected chi connectivity index (χ2v) is 4.41. The first-order valence-electron chi connectivity index (χ1n) is 4.82. The van der Waals surface area contributed by atoms with Crippen molar-refractivity contribution in [3.05, 3.63) is 0 Å². The first-order valence-corrected chi connectivity index (χ1v) is 4.82. The van der Waals surface area contributed by atoms with Crippen LogP contribution in [0, 0.1) is 5.92 Å². The second-order valence-electron chi connectivity index (χ2n) is 4.41. The molecule has 5 atom stereocenters. The average Bonchev–Trinajstić information content (AvgIpc) is 2.11. The minimum atomic E-state index is -1.55. The maximum Gasteiger partial charge on any atom is 0.183 e. The number of rotatable bonds is 2. The first-order chi connectivity index (χ1) is 6.79. The summed E-state index contributed by atoms with van der Waals surface area (Å²) in [6, 6.07) is 0. The first kappa shape index (κ1) is 12.8. The highest BCUT2D eigenvalue weighted by atomic mass is 16.6. The third-order valence-electron chi connectivity index (χ3n) is 2.72. The van der Waals surface area contributed by atoms with E-state index in [0.717, 1.165) is 0 Å². The summed E-state index contributed by atoms with van der Waals surface area (Å²) in [7, 11) is 0. The van der Waals surface area contributed by atoms with Gasteiger partial charge in [0.2, 0.25) is 0 Å². The molecule has 5 N–H and O–H groups in total. The Morgan fingerprint density at radius 1 is 1.13 bits per heavy atom. The molecular formula is C9H18O6. The third-order valence-corrected chi connectivity index (χ3v) is 2.72. The van der Waals surface area contributed by atoms with Gasteiger partial charge in [0.05, 0.1) is 24.4 Å². The Kier molecular flexibility index (Phi) is 3.70. The summed E-state index contributed by atoms with van der Waals surface area (Å²) in [5, 5.41) is 47.0. The van der Waals surface area contributed by atoms with Crippen LogP contribution in [0.3, 0.4) is 0 Å². The molecule has 0 aromatic heterocycles. The Hall–Kier alpha value is -0.240. The molecule has 0 aromatic carbocycles. The molecule has 1 fully saturated rings. The van der Waals surface area contributed by atoms with Crippen molar-refractivity contribution in [3.63, 3.8) is 0 Å². The van der Waals surface area contributed by atoms with E-state index in [1.54, 1.807) is 0 Å². The molecule has 5 unspecified atom stereocenters. The predicted molar refractivity (Wildman–Crippen MR) is 49.8 cm³/mol. The summed E-state index contributed by atoms with van der Waals surface area (Å²) in [6.07, 6.45) is -5.27. The number of hydrogen-bond acceptors (Lipinski definition) is 6. The van der Waals surface area contributed by atoms with Crippen LogP contribution in [-0.2, 0) is 4.74 Å². The Labute approximate surface area is 87.7 Å². The van der Waals surface area contributed by atoms with Gasteiger partial charge in [-0.15, -0.1) is 0 Å². The van der Waals surface area contributed by atoms with Crippen molar-refractivity contribution >= 4 is 0 Å². The molecule has 0 aromatic rings. The van der Waals surface area contributed by atoms with Gasteiger partial charge >= 0.3 is 0 Å². The molecule has 1 aliphatic rings. The maximum atomic E-state index is 9.77. The normalized spacial score (nSPS) is 43.0. The van der Waals surface area contributed by atoms with Crippen LogP contribution >= 0.6 is 0 Å². The highest BCUT2D eigenvalue weighted by Gasteiger charge is 2.49. The molecule has 0 saturated carbocycles. The van der Waals surface area contributed by atoms with E-state index in [1.807, 2.05) is 0 Å². The molecule has 0 amide bonds. The van der Waals surface area contributed by atoms with Crippen LogP contribution in [0.25, 0.3) is 0 Å². The molecule has 0 bridgehead atoms. The van der Waals surface area contributed by atoms with E-state index in [2.05, 4.69) is 0 Å². The van der Waals surface area contributed by atoms with E-state index >= 15 is 0 Å². The van der Waals surface area contributed by atoms with Crippen LogP contribution in [-0.4, -0.2) is 62.3 Å². The van der Waals surface area contributed by atoms with Crippen LogP contribution in [0.4, 0.5) is 0 Å². The van der Waals surface area contributed by atoms with Gasteiger partial charge in [-0.25, -0.2) is 0 Å². The summed E-state index contributed by atoms with van der Waals surface area (Å²) in [5.74, 6) is -0.860. The Morgan fingerprint density at radius 2 is 1.67 bits per heavy atom. The zero-order chi connectivity index (χ0) is 11.8. The van der Waals surface area contributed by atoms with Crippen molar-refractivity contribution < 1.29 is 30.3 Å². The van der Waals surface area contributed by atoms with Crippen molar-refractivity contribution in [2.24, 2.45) is 5.92 Å². The van der Waals surface area contributed by atoms with Gasteiger partial charge in [0, 0.05) is 5.92 Å². The Balaban J connectivity index is 2.90. The molecule has 90 valence electrons. The molecule has 6 nitrogen and oxygen atoms in total. The quantitative estimate of drug-likeness (QED) is 0.363. The summed E-state index contributed by atoms with van der Waals surface area (Å²) in [5.41, 5.74) is -1.33. The van der Waals surface area contributed by atoms with Crippen LogP contribution in [0.1, 0.15) is 13.8 Å². The van der Waals surface area contributed by atoms with Crippen LogP contribution in [0.2, 0.25) is 0 Å². The van der Waals surface area contributed by atoms with Crippen molar-refractivity contribution in [3.8, 4) is 0 Å². The monoisotopic (exact) mass is 222 g/mol. The van der Waals surface area contributed by atoms with Gasteiger partial charge in [-0.3, -0.25) is 0 Å². The minimum absolute atomic E-state index is 0.449. The van der Waals surface area contributed by atoms with Crippen LogP contribution in [0.5, 0.6) is 0 Å². The van der Waals surface area contributed by atoms with E-state index in [4.69, 9.17) is 9.84 Å². The Bertz CT molecular complexity index is 211. The van der Waals surface area contributed by atoms with Crippen molar-refractivity contribution in [2.45, 2.75) is 44.1 Å². The van der Waals surface area contributed by atoms with Gasteiger partial charge in [0.15, 0.2) is 6.29 Å². The van der Waals surface area contributed by atoms with Crippen molar-refractivity contribution in [2.75, 3.05) is 6.61 Å². The Morgan fingerprint density at radius 3 is 2.07 bits per heavy atom. The molecule has 1 saturated heterocycles. The number of aliphatic hydroxyl groups excluding tert-OH is 4. The van der Waals surface area contributed by atoms with Crippen molar-refractivity contribution in [1.82, 2.24) is 0 Å². The summed E-state index contributed by atoms with van der Waals surface area (Å²) in [4.78, 5) is 0. The van der Waals surface area contributed by atoms with E-state index < -0.39 is 42.7 Å². The lowest BCUT2D eigenvalue weighted by Gasteiger charge is -2.45. The standard InChI is InChI=1S/C9H18O6/c1-9(2,14)5-4(3-10)15-8(13)7(12)6(5)11/h4-8,10-14H,3H2,1-2H3. The van der Waals surface area contributed by atoms with Gasteiger partial charge in [0.25, 0.3) is 0 Å². The highest BCUT2D eigenvalue weighted by Crippen LogP contribution is 2.33. The second kappa shape index (κ2) is 4.32. The van der Waals surface area contributed by atoms with Gasteiger partial charge < -0.3 is 30.3 Å². The lowest BCUT2D eigenvalue weighted by Crippen LogP contribution is -2.61. The molecule has 1 rings (SSSR count). The van der Waals surface area contributed by atoms with Crippen molar-refractivity contribution in [1.29, 1.82) is 0 Å². The molecule has 15 heavy (non-hydrogen) atoms. The molecule has 1 heterocycles. The topological polar surface area (TPSA) is 110 Å². The molecule has 0 aliphatic carbocycles. The zero-order valence-electron chi connectivity index (χ0n) is 8.74. The smallest absolute Gasteiger partial charge is 0.183 e. The largest absolute Gasteiger partial charge is 0.394 e. The van der Waals surface area contributed by atoms with Crippen LogP contribution < -0.4 is 0 Å². The SMILES string of the molecule is CC(C)(O)C1C(CO)OC(O)C(O)C1O. The molecule has 0 spiro atoms. The summed E-state index contributed by atoms with van der Waals surface area (Å²) < 4.78 is 4.89. The van der Waals surface area contributed by atoms with E-state index in [9.17, 15) is 20.4 Å². The van der Waals surface area contributed by atoms with E-state index in [1.165, 1.54) is 13.8 Å². The van der Waals surface area contributed by atoms with Gasteiger partial charge in [-0.1, -0.05) is 0 Å². The predicted octanol–water partition coefficient (Wildman–Crippen LogP) is -2.20. The van der Waals surface area contributed by atoms with Gasteiger partial charge in [-0.2, -0.15) is 0 Å².